The monoisotopic (exact) mass is 392 g/mol. The molecule has 4 heteroatoms. The van der Waals surface area contributed by atoms with Crippen LogP contribution in [0.3, 0.4) is 0 Å². The molecule has 4 nitrogen and oxygen atoms in total. The Morgan fingerprint density at radius 1 is 0.533 bits per heavy atom. The van der Waals surface area contributed by atoms with Gasteiger partial charge in [0.25, 0.3) is 0 Å². The number of nitrogens with zero attached hydrogens (tertiary/aromatic N) is 2. The van der Waals surface area contributed by atoms with Crippen molar-refractivity contribution in [2.75, 3.05) is 0 Å². The molecular weight excluding hydrogens is 372 g/mol. The van der Waals surface area contributed by atoms with Crippen molar-refractivity contribution in [3.63, 3.8) is 0 Å². The lowest BCUT2D eigenvalue weighted by molar-refractivity contribution is 0.586. The van der Waals surface area contributed by atoms with Crippen LogP contribution >= 0.6 is 0 Å². The maximum absolute atomic E-state index is 6.05. The van der Waals surface area contributed by atoms with Crippen LogP contribution in [0.25, 0.3) is 45.6 Å². The molecule has 30 heavy (non-hydrogen) atoms. The highest BCUT2D eigenvalue weighted by atomic mass is 16.4. The Hall–Kier alpha value is -3.92. The van der Waals surface area contributed by atoms with Crippen molar-refractivity contribution in [2.24, 2.45) is 0 Å². The molecule has 0 unspecified atom stereocenters. The maximum atomic E-state index is 6.05. The predicted octanol–water partition coefficient (Wildman–Crippen LogP) is 6.95. The predicted molar refractivity (Wildman–Crippen MR) is 118 cm³/mol. The lowest BCUT2D eigenvalue weighted by atomic mass is 9.98. The molecule has 0 atom stereocenters. The van der Waals surface area contributed by atoms with Gasteiger partial charge in [0.1, 0.15) is 0 Å². The van der Waals surface area contributed by atoms with Gasteiger partial charge in [-0.15, -0.1) is 0 Å². The third kappa shape index (κ3) is 3.22. The van der Waals surface area contributed by atoms with E-state index in [1.165, 1.54) is 0 Å². The van der Waals surface area contributed by atoms with E-state index in [2.05, 4.69) is 23.8 Å². The molecule has 5 aromatic rings. The number of hydrogen-bond donors (Lipinski definition) is 0. The van der Waals surface area contributed by atoms with E-state index in [0.29, 0.717) is 11.8 Å². The van der Waals surface area contributed by atoms with E-state index in [1.54, 1.807) is 12.4 Å². The van der Waals surface area contributed by atoms with E-state index in [0.717, 1.165) is 44.9 Å². The second kappa shape index (κ2) is 7.48. The summed E-state index contributed by atoms with van der Waals surface area (Å²) in [7, 11) is 0. The summed E-state index contributed by atoms with van der Waals surface area (Å²) in [6, 6.07) is 24.0. The van der Waals surface area contributed by atoms with Crippen molar-refractivity contribution in [2.45, 2.75) is 13.8 Å². The summed E-state index contributed by atoms with van der Waals surface area (Å²) in [6.07, 6.45) is 3.54. The molecule has 0 N–H and O–H groups in total. The number of oxazole rings is 2. The van der Waals surface area contributed by atoms with Gasteiger partial charge in [-0.25, -0.2) is 9.97 Å². The number of aromatic nitrogens is 2. The molecule has 2 heterocycles. The van der Waals surface area contributed by atoms with Gasteiger partial charge in [0.05, 0.1) is 12.4 Å². The molecule has 0 fully saturated rings. The highest BCUT2D eigenvalue weighted by molar-refractivity contribution is 5.72. The first kappa shape index (κ1) is 18.1. The van der Waals surface area contributed by atoms with Crippen LogP contribution in [-0.4, -0.2) is 9.97 Å². The van der Waals surface area contributed by atoms with Gasteiger partial charge in [-0.3, -0.25) is 0 Å². The van der Waals surface area contributed by atoms with E-state index < -0.39 is 0 Å². The molecule has 0 spiro atoms. The summed E-state index contributed by atoms with van der Waals surface area (Å²) in [6.45, 7) is 4.14. The van der Waals surface area contributed by atoms with Crippen LogP contribution in [0.5, 0.6) is 0 Å². The van der Waals surface area contributed by atoms with Gasteiger partial charge in [-0.2, -0.15) is 0 Å². The van der Waals surface area contributed by atoms with Crippen molar-refractivity contribution in [1.29, 1.82) is 0 Å². The average molecular weight is 392 g/mol. The number of benzene rings is 3. The Labute approximate surface area is 174 Å². The first-order chi connectivity index (χ1) is 14.7. The molecule has 0 saturated heterocycles. The summed E-state index contributed by atoms with van der Waals surface area (Å²) in [5.74, 6) is 2.73. The van der Waals surface area contributed by atoms with Crippen LogP contribution in [0.15, 0.2) is 94.0 Å². The van der Waals surface area contributed by atoms with Crippen molar-refractivity contribution >= 4 is 0 Å². The molecule has 3 aromatic carbocycles. The summed E-state index contributed by atoms with van der Waals surface area (Å²) < 4.78 is 12.1. The Balaban J connectivity index is 1.49. The minimum absolute atomic E-state index is 0.610. The highest BCUT2D eigenvalue weighted by Crippen LogP contribution is 2.34. The SMILES string of the molecule is Cc1c(-c2ncc(-c3ccccc3)o2)ccc(-c2ncc(-c3ccccc3)o2)c1C. The standard InChI is InChI=1S/C26H20N2O2/c1-17-18(2)22(26-28-16-24(30-26)20-11-7-4-8-12-20)14-13-21(17)25-27-15-23(29-25)19-9-5-3-6-10-19/h3-16H,1-2H3. The van der Waals surface area contributed by atoms with E-state index in [-0.39, 0.29) is 0 Å². The van der Waals surface area contributed by atoms with Gasteiger partial charge in [-0.05, 0) is 37.1 Å². The summed E-state index contributed by atoms with van der Waals surface area (Å²) >= 11 is 0. The molecule has 5 rings (SSSR count). The second-order valence-corrected chi connectivity index (χ2v) is 7.20. The molecule has 0 aliphatic carbocycles. The van der Waals surface area contributed by atoms with Gasteiger partial charge in [-0.1, -0.05) is 60.7 Å². The van der Waals surface area contributed by atoms with Crippen molar-refractivity contribution in [3.8, 4) is 45.6 Å². The third-order valence-electron chi connectivity index (χ3n) is 5.38. The minimum Gasteiger partial charge on any atom is -0.436 e. The molecule has 0 bridgehead atoms. The zero-order valence-corrected chi connectivity index (χ0v) is 16.8. The lowest BCUT2D eigenvalue weighted by Gasteiger charge is -2.09. The van der Waals surface area contributed by atoms with Crippen LogP contribution in [-0.2, 0) is 0 Å². The average Bonchev–Trinajstić information content (AvgIpc) is 3.47. The largest absolute Gasteiger partial charge is 0.436 e. The van der Waals surface area contributed by atoms with Crippen LogP contribution in [0.2, 0.25) is 0 Å². The summed E-state index contributed by atoms with van der Waals surface area (Å²) in [5, 5.41) is 0. The fraction of sp³-hybridized carbons (Fsp3) is 0.0769. The maximum Gasteiger partial charge on any atom is 0.226 e. The van der Waals surface area contributed by atoms with E-state index in [9.17, 15) is 0 Å². The molecule has 0 aliphatic heterocycles. The normalized spacial score (nSPS) is 11.0. The van der Waals surface area contributed by atoms with Crippen LogP contribution in [0.4, 0.5) is 0 Å². The van der Waals surface area contributed by atoms with Gasteiger partial charge in [0.2, 0.25) is 11.8 Å². The molecule has 146 valence electrons. The fourth-order valence-electron chi connectivity index (χ4n) is 3.55. The van der Waals surface area contributed by atoms with Crippen molar-refractivity contribution < 1.29 is 8.83 Å². The lowest BCUT2D eigenvalue weighted by Crippen LogP contribution is -1.92. The highest BCUT2D eigenvalue weighted by Gasteiger charge is 2.17. The van der Waals surface area contributed by atoms with Crippen LogP contribution in [0, 0.1) is 13.8 Å². The van der Waals surface area contributed by atoms with Crippen molar-refractivity contribution in [3.05, 3.63) is 96.3 Å². The van der Waals surface area contributed by atoms with E-state index in [1.807, 2.05) is 72.8 Å². The molecule has 2 aromatic heterocycles. The van der Waals surface area contributed by atoms with Gasteiger partial charge >= 0.3 is 0 Å². The molecule has 0 radical (unpaired) electrons. The van der Waals surface area contributed by atoms with Crippen LogP contribution < -0.4 is 0 Å². The molecule has 0 saturated carbocycles. The minimum atomic E-state index is 0.610. The number of rotatable bonds is 4. The van der Waals surface area contributed by atoms with Gasteiger partial charge < -0.3 is 8.83 Å². The zero-order valence-electron chi connectivity index (χ0n) is 16.8. The Kier molecular flexibility index (Phi) is 4.52. The Bertz CT molecular complexity index is 1200. The Morgan fingerprint density at radius 2 is 0.933 bits per heavy atom. The third-order valence-corrected chi connectivity index (χ3v) is 5.38. The summed E-state index contributed by atoms with van der Waals surface area (Å²) in [5.41, 5.74) is 6.13. The topological polar surface area (TPSA) is 52.1 Å². The van der Waals surface area contributed by atoms with Crippen LogP contribution in [0.1, 0.15) is 11.1 Å². The van der Waals surface area contributed by atoms with Gasteiger partial charge in [0.15, 0.2) is 11.5 Å². The van der Waals surface area contributed by atoms with E-state index >= 15 is 0 Å². The summed E-state index contributed by atoms with van der Waals surface area (Å²) in [4.78, 5) is 9.01. The van der Waals surface area contributed by atoms with E-state index in [4.69, 9.17) is 8.83 Å². The molecule has 0 aliphatic rings. The van der Waals surface area contributed by atoms with Crippen molar-refractivity contribution in [1.82, 2.24) is 9.97 Å². The fourth-order valence-corrected chi connectivity index (χ4v) is 3.55. The number of hydrogen-bond acceptors (Lipinski definition) is 4. The molecular formula is C26H20N2O2. The van der Waals surface area contributed by atoms with Gasteiger partial charge in [0, 0.05) is 22.3 Å². The first-order valence-corrected chi connectivity index (χ1v) is 9.84. The molecule has 0 amide bonds. The first-order valence-electron chi connectivity index (χ1n) is 9.84. The zero-order chi connectivity index (χ0) is 20.5. The second-order valence-electron chi connectivity index (χ2n) is 7.20. The smallest absolute Gasteiger partial charge is 0.226 e. The quantitative estimate of drug-likeness (QED) is 0.332. The Morgan fingerprint density at radius 3 is 1.33 bits per heavy atom.